The lowest BCUT2D eigenvalue weighted by atomic mass is 10.2. The SMILES string of the molecule is CCCCCCCOc1ccc(C(=O)NC(=S)NC(CC)CO)cc1. The van der Waals surface area contributed by atoms with Gasteiger partial charge < -0.3 is 15.2 Å². The minimum Gasteiger partial charge on any atom is -0.494 e. The van der Waals surface area contributed by atoms with E-state index in [1.807, 2.05) is 6.92 Å². The van der Waals surface area contributed by atoms with E-state index in [9.17, 15) is 4.79 Å². The lowest BCUT2D eigenvalue weighted by molar-refractivity contribution is 0.0976. The molecule has 0 heterocycles. The number of carbonyl (C=O) groups excluding carboxylic acids is 1. The van der Waals surface area contributed by atoms with Gasteiger partial charge in [0.05, 0.1) is 19.3 Å². The van der Waals surface area contributed by atoms with Crippen LogP contribution in [-0.4, -0.2) is 35.4 Å². The number of rotatable bonds is 11. The van der Waals surface area contributed by atoms with E-state index in [-0.39, 0.29) is 23.7 Å². The summed E-state index contributed by atoms with van der Waals surface area (Å²) in [6, 6.07) is 6.86. The van der Waals surface area contributed by atoms with Crippen LogP contribution in [0.25, 0.3) is 0 Å². The van der Waals surface area contributed by atoms with Gasteiger partial charge in [-0.25, -0.2) is 0 Å². The number of nitrogens with one attached hydrogen (secondary N) is 2. The van der Waals surface area contributed by atoms with Gasteiger partial charge in [0.15, 0.2) is 5.11 Å². The van der Waals surface area contributed by atoms with Crippen molar-refractivity contribution < 1.29 is 14.6 Å². The fraction of sp³-hybridized carbons (Fsp3) is 0.579. The second kappa shape index (κ2) is 12.7. The van der Waals surface area contributed by atoms with Crippen molar-refractivity contribution in [2.45, 2.75) is 58.4 Å². The topological polar surface area (TPSA) is 70.6 Å². The fourth-order valence-electron chi connectivity index (χ4n) is 2.27. The number of hydrogen-bond donors (Lipinski definition) is 3. The van der Waals surface area contributed by atoms with Gasteiger partial charge in [0.2, 0.25) is 0 Å². The number of carbonyl (C=O) groups is 1. The molecule has 1 aromatic rings. The Balaban J connectivity index is 2.37. The summed E-state index contributed by atoms with van der Waals surface area (Å²) >= 11 is 5.09. The standard InChI is InChI=1S/C19H30N2O3S/c1-3-5-6-7-8-13-24-17-11-9-15(10-12-17)18(23)21-19(25)20-16(4-2)14-22/h9-12,16,22H,3-8,13-14H2,1-2H3,(H2,20,21,23,25). The van der Waals surface area contributed by atoms with E-state index < -0.39 is 0 Å². The van der Waals surface area contributed by atoms with Crippen LogP contribution in [0.1, 0.15) is 62.7 Å². The molecule has 0 aliphatic rings. The molecule has 1 atom stereocenters. The fourth-order valence-corrected chi connectivity index (χ4v) is 2.53. The van der Waals surface area contributed by atoms with Gasteiger partial charge in [-0.05, 0) is 49.3 Å². The van der Waals surface area contributed by atoms with Crippen molar-refractivity contribution in [3.8, 4) is 5.75 Å². The largest absolute Gasteiger partial charge is 0.494 e. The Kier molecular flexibility index (Phi) is 10.8. The Hall–Kier alpha value is -1.66. The highest BCUT2D eigenvalue weighted by Crippen LogP contribution is 2.13. The highest BCUT2D eigenvalue weighted by molar-refractivity contribution is 7.80. The molecule has 1 rings (SSSR count). The Labute approximate surface area is 156 Å². The lowest BCUT2D eigenvalue weighted by Gasteiger charge is -2.16. The maximum absolute atomic E-state index is 12.1. The second-order valence-electron chi connectivity index (χ2n) is 6.00. The summed E-state index contributed by atoms with van der Waals surface area (Å²) in [7, 11) is 0. The number of ether oxygens (including phenoxy) is 1. The molecule has 0 aromatic heterocycles. The van der Waals surface area contributed by atoms with Crippen LogP contribution in [0, 0.1) is 0 Å². The first-order chi connectivity index (χ1) is 12.1. The molecule has 0 fully saturated rings. The van der Waals surface area contributed by atoms with E-state index in [1.165, 1.54) is 25.7 Å². The van der Waals surface area contributed by atoms with Crippen LogP contribution < -0.4 is 15.4 Å². The minimum absolute atomic E-state index is 0.0308. The third kappa shape index (κ3) is 8.84. The van der Waals surface area contributed by atoms with Crippen molar-refractivity contribution in [1.82, 2.24) is 10.6 Å². The van der Waals surface area contributed by atoms with E-state index >= 15 is 0 Å². The van der Waals surface area contributed by atoms with Gasteiger partial charge >= 0.3 is 0 Å². The van der Waals surface area contributed by atoms with Crippen LogP contribution in [0.5, 0.6) is 5.75 Å². The molecule has 0 saturated heterocycles. The van der Waals surface area contributed by atoms with Crippen LogP contribution in [-0.2, 0) is 0 Å². The molecular weight excluding hydrogens is 336 g/mol. The third-order valence-corrected chi connectivity index (χ3v) is 4.13. The average Bonchev–Trinajstić information content (AvgIpc) is 2.63. The number of aliphatic hydroxyl groups excluding tert-OH is 1. The maximum atomic E-state index is 12.1. The summed E-state index contributed by atoms with van der Waals surface area (Å²) in [5, 5.41) is 14.9. The molecule has 140 valence electrons. The molecule has 0 aliphatic heterocycles. The van der Waals surface area contributed by atoms with Crippen LogP contribution in [0.15, 0.2) is 24.3 Å². The monoisotopic (exact) mass is 366 g/mol. The van der Waals surface area contributed by atoms with Crippen molar-refractivity contribution in [3.05, 3.63) is 29.8 Å². The highest BCUT2D eigenvalue weighted by atomic mass is 32.1. The molecule has 3 N–H and O–H groups in total. The molecule has 0 bridgehead atoms. The first kappa shape index (κ1) is 21.4. The van der Waals surface area contributed by atoms with Crippen molar-refractivity contribution in [2.75, 3.05) is 13.2 Å². The van der Waals surface area contributed by atoms with E-state index in [0.29, 0.717) is 12.2 Å². The zero-order valence-electron chi connectivity index (χ0n) is 15.2. The first-order valence-corrected chi connectivity index (χ1v) is 9.47. The zero-order valence-corrected chi connectivity index (χ0v) is 16.0. The second-order valence-corrected chi connectivity index (χ2v) is 6.41. The van der Waals surface area contributed by atoms with E-state index in [4.69, 9.17) is 22.1 Å². The number of unbranched alkanes of at least 4 members (excludes halogenated alkanes) is 4. The molecule has 6 heteroatoms. The molecular formula is C19H30N2O3S. The van der Waals surface area contributed by atoms with Crippen molar-refractivity contribution in [1.29, 1.82) is 0 Å². The molecule has 25 heavy (non-hydrogen) atoms. The molecule has 0 aliphatic carbocycles. The van der Waals surface area contributed by atoms with Crippen LogP contribution in [0.2, 0.25) is 0 Å². The summed E-state index contributed by atoms with van der Waals surface area (Å²) in [6.45, 7) is 4.80. The van der Waals surface area contributed by atoms with Crippen molar-refractivity contribution >= 4 is 23.2 Å². The summed E-state index contributed by atoms with van der Waals surface area (Å²) in [5.74, 6) is 0.482. The Morgan fingerprint density at radius 1 is 1.16 bits per heavy atom. The van der Waals surface area contributed by atoms with Gasteiger partial charge in [-0.3, -0.25) is 10.1 Å². The first-order valence-electron chi connectivity index (χ1n) is 9.06. The summed E-state index contributed by atoms with van der Waals surface area (Å²) in [6.07, 6.45) is 6.72. The molecule has 1 amide bonds. The van der Waals surface area contributed by atoms with E-state index in [2.05, 4.69) is 17.6 Å². The smallest absolute Gasteiger partial charge is 0.257 e. The predicted octanol–water partition coefficient (Wildman–Crippen LogP) is 3.41. The Bertz CT molecular complexity index is 516. The molecule has 5 nitrogen and oxygen atoms in total. The average molecular weight is 367 g/mol. The van der Waals surface area contributed by atoms with Gasteiger partial charge in [0.25, 0.3) is 5.91 Å². The van der Waals surface area contributed by atoms with Gasteiger partial charge in [0, 0.05) is 5.56 Å². The Morgan fingerprint density at radius 3 is 2.44 bits per heavy atom. The van der Waals surface area contributed by atoms with Crippen LogP contribution in [0.3, 0.4) is 0 Å². The van der Waals surface area contributed by atoms with Gasteiger partial charge in [-0.15, -0.1) is 0 Å². The summed E-state index contributed by atoms with van der Waals surface area (Å²) in [4.78, 5) is 12.1. The zero-order chi connectivity index (χ0) is 18.5. The van der Waals surface area contributed by atoms with E-state index in [1.54, 1.807) is 24.3 Å². The van der Waals surface area contributed by atoms with Gasteiger partial charge in [-0.2, -0.15) is 0 Å². The number of hydrogen-bond acceptors (Lipinski definition) is 4. The molecule has 1 aromatic carbocycles. The summed E-state index contributed by atoms with van der Waals surface area (Å²) < 4.78 is 5.69. The number of thiocarbonyl (C=S) groups is 1. The van der Waals surface area contributed by atoms with Crippen molar-refractivity contribution in [2.24, 2.45) is 0 Å². The van der Waals surface area contributed by atoms with E-state index in [0.717, 1.165) is 18.6 Å². The van der Waals surface area contributed by atoms with Crippen LogP contribution in [0.4, 0.5) is 0 Å². The number of benzene rings is 1. The van der Waals surface area contributed by atoms with Crippen LogP contribution >= 0.6 is 12.2 Å². The quantitative estimate of drug-likeness (QED) is 0.413. The van der Waals surface area contributed by atoms with Gasteiger partial charge in [-0.1, -0.05) is 39.5 Å². The predicted molar refractivity (Wildman–Crippen MR) is 105 cm³/mol. The molecule has 0 spiro atoms. The highest BCUT2D eigenvalue weighted by Gasteiger charge is 2.11. The minimum atomic E-state index is -0.281. The molecule has 1 unspecified atom stereocenters. The number of aliphatic hydroxyl groups is 1. The van der Waals surface area contributed by atoms with Crippen molar-refractivity contribution in [3.63, 3.8) is 0 Å². The maximum Gasteiger partial charge on any atom is 0.257 e. The molecule has 0 radical (unpaired) electrons. The number of amides is 1. The lowest BCUT2D eigenvalue weighted by Crippen LogP contribution is -2.45. The normalized spacial score (nSPS) is 11.6. The van der Waals surface area contributed by atoms with Gasteiger partial charge in [0.1, 0.15) is 5.75 Å². The third-order valence-electron chi connectivity index (χ3n) is 3.91. The Morgan fingerprint density at radius 2 is 1.84 bits per heavy atom. The summed E-state index contributed by atoms with van der Waals surface area (Å²) in [5.41, 5.74) is 0.511. The molecule has 0 saturated carbocycles.